The van der Waals surface area contributed by atoms with Gasteiger partial charge in [-0.05, 0) is 35.4 Å². The monoisotopic (exact) mass is 753 g/mol. The minimum atomic E-state index is -2.92. The number of halogens is 2. The van der Waals surface area contributed by atoms with Gasteiger partial charge >= 0.3 is 0 Å². The van der Waals surface area contributed by atoms with Gasteiger partial charge in [0.05, 0.1) is 52.9 Å². The summed E-state index contributed by atoms with van der Waals surface area (Å²) in [7, 11) is -8.56. The average Bonchev–Trinajstić information content (AvgIpc) is 3.48. The molecule has 0 saturated carbocycles. The summed E-state index contributed by atoms with van der Waals surface area (Å²) in [5.41, 5.74) is 2.04. The molecular formula is C32H48F2N9O4P3. The van der Waals surface area contributed by atoms with E-state index in [-0.39, 0.29) is 11.6 Å². The lowest BCUT2D eigenvalue weighted by molar-refractivity contribution is 0.0547. The standard InChI is InChI=1S/C32H48F2N9O4P3/c33-31-5-1-29(2-6-31)27-42-9-10-43(28-30-3-7-32(34)8-4-30)50(42)36-48(38-11-19-44-20-12-38,39-13-21-45-22-14-39)35-49(37-50,40-15-23-46-24-16-40)41-17-25-47-26-18-41/h1-8H,9-28H2. The Balaban J connectivity index is 1.41. The van der Waals surface area contributed by atoms with Crippen LogP contribution in [0.2, 0.25) is 0 Å². The molecule has 0 unspecified atom stereocenters. The fourth-order valence-corrected chi connectivity index (χ4v) is 23.5. The summed E-state index contributed by atoms with van der Waals surface area (Å²) in [6, 6.07) is 13.7. The summed E-state index contributed by atoms with van der Waals surface area (Å²) in [5.74, 6) is -0.504. The van der Waals surface area contributed by atoms with E-state index >= 15 is 0 Å². The molecule has 0 aliphatic carbocycles. The predicted molar refractivity (Wildman–Crippen MR) is 191 cm³/mol. The summed E-state index contributed by atoms with van der Waals surface area (Å²) in [4.78, 5) is 0. The van der Waals surface area contributed by atoms with Gasteiger partial charge in [-0.2, -0.15) is 13.5 Å². The summed E-state index contributed by atoms with van der Waals surface area (Å²) in [5, 5.41) is 0. The molecule has 0 atom stereocenters. The smallest absolute Gasteiger partial charge is 0.221 e. The van der Waals surface area contributed by atoms with Crippen molar-refractivity contribution in [3.8, 4) is 0 Å². The average molecular weight is 754 g/mol. The van der Waals surface area contributed by atoms with E-state index in [1.807, 2.05) is 24.3 Å². The quantitative estimate of drug-likeness (QED) is 0.324. The van der Waals surface area contributed by atoms with Gasteiger partial charge in [0.2, 0.25) is 22.5 Å². The van der Waals surface area contributed by atoms with Crippen molar-refractivity contribution in [1.82, 2.24) is 28.0 Å². The van der Waals surface area contributed by atoms with Crippen LogP contribution in [0.5, 0.6) is 0 Å². The largest absolute Gasteiger partial charge is 0.379 e. The van der Waals surface area contributed by atoms with Crippen LogP contribution in [0.3, 0.4) is 0 Å². The third kappa shape index (κ3) is 7.00. The van der Waals surface area contributed by atoms with Gasteiger partial charge in [-0.1, -0.05) is 24.3 Å². The molecule has 0 radical (unpaired) electrons. The molecule has 1 spiro atoms. The first-order valence-electron chi connectivity index (χ1n) is 17.7. The Kier molecular flexibility index (Phi) is 11.1. The van der Waals surface area contributed by atoms with Gasteiger partial charge in [0.1, 0.15) is 11.6 Å². The van der Waals surface area contributed by atoms with Gasteiger partial charge in [-0.15, -0.1) is 0 Å². The molecule has 0 N–H and O–H groups in total. The third-order valence-electron chi connectivity index (χ3n) is 10.1. The maximum absolute atomic E-state index is 14.2. The topological polar surface area (TPSA) is 93.4 Å². The minimum absolute atomic E-state index is 0.252. The third-order valence-corrected chi connectivity index (χ3v) is 22.7. The van der Waals surface area contributed by atoms with Crippen molar-refractivity contribution in [1.29, 1.82) is 0 Å². The van der Waals surface area contributed by atoms with E-state index in [0.717, 1.165) is 76.6 Å². The minimum Gasteiger partial charge on any atom is -0.379 e. The highest BCUT2D eigenvalue weighted by Gasteiger charge is 2.54. The van der Waals surface area contributed by atoms with Crippen molar-refractivity contribution in [3.05, 3.63) is 71.3 Å². The Morgan fingerprint density at radius 1 is 0.420 bits per heavy atom. The lowest BCUT2D eigenvalue weighted by atomic mass is 10.2. The van der Waals surface area contributed by atoms with Crippen molar-refractivity contribution in [3.63, 3.8) is 0 Å². The number of ether oxygens (including phenoxy) is 4. The van der Waals surface area contributed by atoms with Crippen LogP contribution in [0, 0.1) is 11.6 Å². The molecule has 50 heavy (non-hydrogen) atoms. The van der Waals surface area contributed by atoms with Gasteiger partial charge in [0, 0.05) is 78.5 Å². The zero-order chi connectivity index (χ0) is 34.0. The molecule has 6 aliphatic rings. The van der Waals surface area contributed by atoms with Crippen LogP contribution in [0.4, 0.5) is 8.78 Å². The number of benzene rings is 2. The fraction of sp³-hybridized carbons (Fsp3) is 0.625. The molecule has 2 aromatic rings. The van der Waals surface area contributed by atoms with Crippen LogP contribution in [0.25, 0.3) is 0 Å². The molecule has 8 rings (SSSR count). The summed E-state index contributed by atoms with van der Waals surface area (Å²) < 4.78 is 85.9. The SMILES string of the molecule is Fc1ccc(CN2CCN(Cc3ccc(F)cc3)P23=NP(N2CCOCC2)(N2CCOCC2)=NP(N2CCOCC2)(N2CCOCC2)=N3)cc1. The van der Waals surface area contributed by atoms with Crippen LogP contribution >= 0.6 is 22.5 Å². The normalized spacial score (nSPS) is 27.1. The van der Waals surface area contributed by atoms with E-state index in [1.165, 1.54) is 24.3 Å². The van der Waals surface area contributed by atoms with Crippen molar-refractivity contribution in [2.75, 3.05) is 118 Å². The van der Waals surface area contributed by atoms with E-state index in [9.17, 15) is 8.78 Å². The Hall–Kier alpha value is -1.41. The molecule has 6 heterocycles. The Morgan fingerprint density at radius 2 is 0.700 bits per heavy atom. The number of nitrogens with zero attached hydrogens (tertiary/aromatic N) is 9. The number of rotatable bonds is 8. The van der Waals surface area contributed by atoms with Crippen LogP contribution in [0.1, 0.15) is 11.1 Å². The molecule has 13 nitrogen and oxygen atoms in total. The first kappa shape index (κ1) is 35.6. The van der Waals surface area contributed by atoms with Crippen LogP contribution in [-0.4, -0.2) is 146 Å². The van der Waals surface area contributed by atoms with Gasteiger partial charge in [-0.25, -0.2) is 36.8 Å². The lowest BCUT2D eigenvalue weighted by Crippen LogP contribution is -2.46. The van der Waals surface area contributed by atoms with E-state index in [1.54, 1.807) is 0 Å². The molecule has 0 bridgehead atoms. The number of hydrogen-bond donors (Lipinski definition) is 0. The van der Waals surface area contributed by atoms with E-state index in [0.29, 0.717) is 65.9 Å². The summed E-state index contributed by atoms with van der Waals surface area (Å²) in [6.45, 7) is 13.5. The molecule has 2 aromatic carbocycles. The van der Waals surface area contributed by atoms with Gasteiger partial charge in [-0.3, -0.25) is 0 Å². The zero-order valence-electron chi connectivity index (χ0n) is 28.5. The summed E-state index contributed by atoms with van der Waals surface area (Å²) >= 11 is 0. The highest BCUT2D eigenvalue weighted by atomic mass is 31.3. The highest BCUT2D eigenvalue weighted by Crippen LogP contribution is 2.84. The zero-order valence-corrected chi connectivity index (χ0v) is 31.2. The number of hydrogen-bond acceptors (Lipinski definition) is 13. The maximum atomic E-state index is 14.2. The van der Waals surface area contributed by atoms with Crippen molar-refractivity contribution in [2.45, 2.75) is 13.1 Å². The van der Waals surface area contributed by atoms with E-state index < -0.39 is 22.5 Å². The molecule has 0 amide bonds. The van der Waals surface area contributed by atoms with Crippen molar-refractivity contribution in [2.24, 2.45) is 13.5 Å². The first-order valence-corrected chi connectivity index (χ1v) is 22.5. The predicted octanol–water partition coefficient (Wildman–Crippen LogP) is 5.46. The maximum Gasteiger partial charge on any atom is 0.221 e. The Bertz CT molecular complexity index is 1500. The van der Waals surface area contributed by atoms with Crippen molar-refractivity contribution >= 4 is 22.5 Å². The van der Waals surface area contributed by atoms with Crippen LogP contribution in [0.15, 0.2) is 62.1 Å². The second kappa shape index (κ2) is 15.5. The fourth-order valence-electron chi connectivity index (χ4n) is 7.49. The summed E-state index contributed by atoms with van der Waals surface area (Å²) in [6.07, 6.45) is 0. The Morgan fingerprint density at radius 3 is 1.02 bits per heavy atom. The van der Waals surface area contributed by atoms with Gasteiger partial charge in [0.25, 0.3) is 0 Å². The molecule has 18 heteroatoms. The molecular weight excluding hydrogens is 705 g/mol. The van der Waals surface area contributed by atoms with E-state index in [2.05, 4.69) is 28.0 Å². The first-order chi connectivity index (χ1) is 24.5. The lowest BCUT2D eigenvalue weighted by Gasteiger charge is -2.53. The van der Waals surface area contributed by atoms with E-state index in [4.69, 9.17) is 32.5 Å². The molecule has 5 saturated heterocycles. The van der Waals surface area contributed by atoms with Crippen LogP contribution in [-0.2, 0) is 32.0 Å². The van der Waals surface area contributed by atoms with Gasteiger partial charge < -0.3 is 18.9 Å². The molecule has 6 aliphatic heterocycles. The van der Waals surface area contributed by atoms with Gasteiger partial charge in [0.15, 0.2) is 0 Å². The molecule has 274 valence electrons. The Labute approximate surface area is 294 Å². The second-order valence-corrected chi connectivity index (χ2v) is 21.9. The van der Waals surface area contributed by atoms with Crippen LogP contribution < -0.4 is 0 Å². The highest BCUT2D eigenvalue weighted by molar-refractivity contribution is 7.83. The molecule has 5 fully saturated rings. The second-order valence-electron chi connectivity index (χ2n) is 13.2. The number of morpholine rings is 4. The molecule has 0 aromatic heterocycles. The van der Waals surface area contributed by atoms with Crippen molar-refractivity contribution < 1.29 is 27.7 Å².